The van der Waals surface area contributed by atoms with Crippen molar-refractivity contribution in [3.05, 3.63) is 139 Å². The summed E-state index contributed by atoms with van der Waals surface area (Å²) in [4.78, 5) is 15.4. The highest BCUT2D eigenvalue weighted by Crippen LogP contribution is 2.69. The standard InChI is InChI=1S/C49H35N3S2/c1-2-8-29(9-3-1)46-50-47(52-48(51-46)31-14-16-36-35-11-5-7-13-42(35)53-44(36)24-31)30-15-17-43-38(23-30)39-25-37-34-10-4-6-12-40(34)49(41(37)26-45(39)54-43)32-19-27-18-28(21-32)22-33(49)20-27/h1-17,23-28,32-33H,18-22H2. The van der Waals surface area contributed by atoms with Gasteiger partial charge < -0.3 is 0 Å². The quantitative estimate of drug-likeness (QED) is 0.182. The van der Waals surface area contributed by atoms with E-state index in [2.05, 4.69) is 121 Å². The molecule has 258 valence electrons. The average Bonchev–Trinajstić information content (AvgIpc) is 3.86. The number of thiophene rings is 2. The van der Waals surface area contributed by atoms with Crippen LogP contribution in [0.1, 0.15) is 43.2 Å². The SMILES string of the molecule is c1ccc(-c2nc(-c3ccc4c(c3)sc3ccccc34)nc(-c3ccc4sc5cc6c(cc5c4c3)-c3ccccc3C63C4CC5CC(C4)CC3C5)n2)cc1. The summed E-state index contributed by atoms with van der Waals surface area (Å²) in [5, 5.41) is 5.20. The molecular weight excluding hydrogens is 695 g/mol. The summed E-state index contributed by atoms with van der Waals surface area (Å²) in [5.74, 6) is 5.52. The number of benzene rings is 6. The Bertz CT molecular complexity index is 3000. The van der Waals surface area contributed by atoms with Gasteiger partial charge in [-0.2, -0.15) is 0 Å². The summed E-state index contributed by atoms with van der Waals surface area (Å²) in [7, 11) is 0. The van der Waals surface area contributed by atoms with E-state index in [0.29, 0.717) is 17.5 Å². The van der Waals surface area contributed by atoms with Crippen molar-refractivity contribution < 1.29 is 0 Å². The molecular formula is C49H35N3S2. The maximum atomic E-state index is 5.20. The number of fused-ring (bicyclic) bond motifs is 9. The summed E-state index contributed by atoms with van der Waals surface area (Å²) < 4.78 is 5.26. The molecule has 5 aliphatic carbocycles. The molecule has 3 aromatic heterocycles. The predicted octanol–water partition coefficient (Wildman–Crippen LogP) is 13.3. The van der Waals surface area contributed by atoms with Crippen molar-refractivity contribution in [3.8, 4) is 45.3 Å². The second-order valence-corrected chi connectivity index (χ2v) is 18.6. The fourth-order valence-corrected chi connectivity index (χ4v) is 14.0. The number of aromatic nitrogens is 3. The van der Waals surface area contributed by atoms with Crippen LogP contribution in [0.15, 0.2) is 127 Å². The Hall–Kier alpha value is -5.23. The molecule has 4 fully saturated rings. The molecule has 6 aromatic carbocycles. The first-order valence-corrected chi connectivity index (χ1v) is 21.1. The van der Waals surface area contributed by atoms with Crippen molar-refractivity contribution in [3.63, 3.8) is 0 Å². The first kappa shape index (κ1) is 30.1. The number of hydrogen-bond donors (Lipinski definition) is 0. The van der Waals surface area contributed by atoms with Crippen LogP contribution in [0.5, 0.6) is 0 Å². The summed E-state index contributed by atoms with van der Waals surface area (Å²) >= 11 is 3.77. The fourth-order valence-electron chi connectivity index (χ4n) is 11.8. The largest absolute Gasteiger partial charge is 0.208 e. The Kier molecular flexibility index (Phi) is 6.10. The molecule has 1 spiro atoms. The summed E-state index contributed by atoms with van der Waals surface area (Å²) in [6, 6.07) is 47.1. The molecule has 14 rings (SSSR count). The lowest BCUT2D eigenvalue weighted by Gasteiger charge is -2.61. The van der Waals surface area contributed by atoms with Crippen LogP contribution in [0.3, 0.4) is 0 Å². The third kappa shape index (κ3) is 4.09. The van der Waals surface area contributed by atoms with Gasteiger partial charge in [-0.3, -0.25) is 0 Å². The minimum absolute atomic E-state index is 0.183. The third-order valence-electron chi connectivity index (χ3n) is 13.7. The second-order valence-electron chi connectivity index (χ2n) is 16.4. The maximum absolute atomic E-state index is 5.20. The van der Waals surface area contributed by atoms with Crippen LogP contribution < -0.4 is 0 Å². The van der Waals surface area contributed by atoms with Gasteiger partial charge in [0.15, 0.2) is 17.5 Å². The molecule has 5 heteroatoms. The molecule has 3 nitrogen and oxygen atoms in total. The van der Waals surface area contributed by atoms with E-state index in [-0.39, 0.29) is 5.41 Å². The first-order valence-electron chi connectivity index (χ1n) is 19.5. The second kappa shape index (κ2) is 10.9. The lowest BCUT2D eigenvalue weighted by atomic mass is 9.43. The summed E-state index contributed by atoms with van der Waals surface area (Å²) in [6.07, 6.45) is 7.11. The van der Waals surface area contributed by atoms with Gasteiger partial charge in [0, 0.05) is 62.4 Å². The van der Waals surface area contributed by atoms with E-state index in [9.17, 15) is 0 Å². The zero-order valence-electron chi connectivity index (χ0n) is 29.6. The highest BCUT2D eigenvalue weighted by atomic mass is 32.1. The van der Waals surface area contributed by atoms with Crippen LogP contribution in [-0.4, -0.2) is 15.0 Å². The molecule has 4 bridgehead atoms. The zero-order valence-corrected chi connectivity index (χ0v) is 31.3. The normalized spacial score (nSPS) is 23.6. The van der Waals surface area contributed by atoms with Crippen LogP contribution in [-0.2, 0) is 5.41 Å². The maximum Gasteiger partial charge on any atom is 0.164 e. The van der Waals surface area contributed by atoms with Crippen molar-refractivity contribution in [1.82, 2.24) is 15.0 Å². The van der Waals surface area contributed by atoms with E-state index in [1.165, 1.54) is 83.6 Å². The van der Waals surface area contributed by atoms with Gasteiger partial charge >= 0.3 is 0 Å². The fraction of sp³-hybridized carbons (Fsp3) is 0.204. The molecule has 0 radical (unpaired) electrons. The van der Waals surface area contributed by atoms with Crippen LogP contribution in [0.4, 0.5) is 0 Å². The average molecular weight is 730 g/mol. The molecule has 0 unspecified atom stereocenters. The van der Waals surface area contributed by atoms with Crippen molar-refractivity contribution in [1.29, 1.82) is 0 Å². The van der Waals surface area contributed by atoms with E-state index in [1.807, 2.05) is 28.7 Å². The van der Waals surface area contributed by atoms with E-state index in [1.54, 1.807) is 11.1 Å². The molecule has 4 saturated carbocycles. The van der Waals surface area contributed by atoms with Gasteiger partial charge in [-0.15, -0.1) is 22.7 Å². The molecule has 9 aromatic rings. The summed E-state index contributed by atoms with van der Waals surface area (Å²) in [6.45, 7) is 0. The van der Waals surface area contributed by atoms with Gasteiger partial charge in [-0.05, 0) is 120 Å². The Labute approximate surface area is 321 Å². The van der Waals surface area contributed by atoms with Crippen LogP contribution in [0.2, 0.25) is 0 Å². The van der Waals surface area contributed by atoms with Gasteiger partial charge in [-0.1, -0.05) is 84.9 Å². The molecule has 5 aliphatic rings. The number of nitrogens with zero attached hydrogens (tertiary/aromatic N) is 3. The van der Waals surface area contributed by atoms with Gasteiger partial charge in [0.1, 0.15) is 0 Å². The monoisotopic (exact) mass is 729 g/mol. The van der Waals surface area contributed by atoms with E-state index < -0.39 is 0 Å². The van der Waals surface area contributed by atoms with E-state index in [0.717, 1.165) is 40.4 Å². The van der Waals surface area contributed by atoms with Gasteiger partial charge in [0.25, 0.3) is 0 Å². The topological polar surface area (TPSA) is 38.7 Å². The molecule has 0 N–H and O–H groups in total. The van der Waals surface area contributed by atoms with Crippen LogP contribution in [0.25, 0.3) is 85.6 Å². The molecule has 54 heavy (non-hydrogen) atoms. The number of hydrogen-bond acceptors (Lipinski definition) is 5. The highest BCUT2D eigenvalue weighted by Gasteiger charge is 2.61. The Morgan fingerprint density at radius 1 is 0.407 bits per heavy atom. The van der Waals surface area contributed by atoms with Crippen molar-refractivity contribution >= 4 is 63.0 Å². The Morgan fingerprint density at radius 3 is 1.80 bits per heavy atom. The molecule has 0 atom stereocenters. The zero-order chi connectivity index (χ0) is 35.1. The van der Waals surface area contributed by atoms with Gasteiger partial charge in [0.05, 0.1) is 0 Å². The van der Waals surface area contributed by atoms with E-state index in [4.69, 9.17) is 15.0 Å². The molecule has 0 amide bonds. The molecule has 0 aliphatic heterocycles. The van der Waals surface area contributed by atoms with Crippen LogP contribution >= 0.6 is 22.7 Å². The minimum Gasteiger partial charge on any atom is -0.208 e. The predicted molar refractivity (Wildman–Crippen MR) is 225 cm³/mol. The van der Waals surface area contributed by atoms with Gasteiger partial charge in [0.2, 0.25) is 0 Å². The molecule has 0 saturated heterocycles. The smallest absolute Gasteiger partial charge is 0.164 e. The lowest BCUT2D eigenvalue weighted by molar-refractivity contribution is -0.0398. The number of rotatable bonds is 3. The minimum atomic E-state index is 0.183. The lowest BCUT2D eigenvalue weighted by Crippen LogP contribution is -2.55. The van der Waals surface area contributed by atoms with E-state index >= 15 is 0 Å². The van der Waals surface area contributed by atoms with Crippen LogP contribution in [0, 0.1) is 23.7 Å². The van der Waals surface area contributed by atoms with Crippen molar-refractivity contribution in [2.45, 2.75) is 37.5 Å². The van der Waals surface area contributed by atoms with Crippen molar-refractivity contribution in [2.75, 3.05) is 0 Å². The third-order valence-corrected chi connectivity index (χ3v) is 16.0. The van der Waals surface area contributed by atoms with Gasteiger partial charge in [-0.25, -0.2) is 15.0 Å². The van der Waals surface area contributed by atoms with Crippen molar-refractivity contribution in [2.24, 2.45) is 23.7 Å². The Balaban J connectivity index is 0.982. The Morgan fingerprint density at radius 2 is 1.00 bits per heavy atom. The highest BCUT2D eigenvalue weighted by molar-refractivity contribution is 7.26. The first-order chi connectivity index (χ1) is 26.7. The molecule has 3 heterocycles. The summed E-state index contributed by atoms with van der Waals surface area (Å²) in [5.41, 5.74) is 9.39.